The Labute approximate surface area is 113 Å². The highest BCUT2D eigenvalue weighted by molar-refractivity contribution is 5.96. The number of nitrogens with zero attached hydrogens (tertiary/aromatic N) is 2. The maximum Gasteiger partial charge on any atom is 0.387 e. The Hall–Kier alpha value is -2.18. The fraction of sp³-hybridized carbons (Fsp3) is 0.385. The van der Waals surface area contributed by atoms with Crippen LogP contribution < -0.4 is 4.74 Å². The predicted molar refractivity (Wildman–Crippen MR) is 66.0 cm³/mol. The third-order valence-electron chi connectivity index (χ3n) is 3.15. The lowest BCUT2D eigenvalue weighted by molar-refractivity contribution is -0.0490. The molecule has 0 unspecified atom stereocenters. The molecule has 1 heterocycles. The fourth-order valence-corrected chi connectivity index (χ4v) is 2.07. The van der Waals surface area contributed by atoms with Gasteiger partial charge in [0.05, 0.1) is 18.7 Å². The first kappa shape index (κ1) is 12.8. The summed E-state index contributed by atoms with van der Waals surface area (Å²) in [6, 6.07) is 3.10. The Kier molecular flexibility index (Phi) is 3.04. The highest BCUT2D eigenvalue weighted by Gasteiger charge is 2.26. The van der Waals surface area contributed by atoms with Gasteiger partial charge in [0.15, 0.2) is 5.75 Å². The summed E-state index contributed by atoms with van der Waals surface area (Å²) in [7, 11) is 1.23. The van der Waals surface area contributed by atoms with E-state index in [1.165, 1.54) is 13.2 Å². The summed E-state index contributed by atoms with van der Waals surface area (Å²) in [4.78, 5) is 11.6. The van der Waals surface area contributed by atoms with Gasteiger partial charge in [0.25, 0.3) is 0 Å². The SMILES string of the molecule is COC(=O)c1cc(OC(F)F)c2nn(C3CC3)cc2c1. The van der Waals surface area contributed by atoms with E-state index in [4.69, 9.17) is 0 Å². The van der Waals surface area contributed by atoms with Gasteiger partial charge in [0.1, 0.15) is 5.52 Å². The second-order valence-electron chi connectivity index (χ2n) is 4.62. The summed E-state index contributed by atoms with van der Waals surface area (Å²) in [6.45, 7) is -2.97. The van der Waals surface area contributed by atoms with E-state index < -0.39 is 12.6 Å². The van der Waals surface area contributed by atoms with E-state index in [0.29, 0.717) is 16.9 Å². The molecule has 1 saturated carbocycles. The first-order valence-corrected chi connectivity index (χ1v) is 6.14. The molecule has 0 saturated heterocycles. The number of hydrogen-bond acceptors (Lipinski definition) is 4. The molecule has 0 amide bonds. The number of fused-ring (bicyclic) bond motifs is 1. The molecule has 0 radical (unpaired) electrons. The summed E-state index contributed by atoms with van der Waals surface area (Å²) in [6.07, 6.45) is 3.77. The monoisotopic (exact) mass is 282 g/mol. The molecule has 1 fully saturated rings. The molecule has 2 aromatic rings. The zero-order valence-corrected chi connectivity index (χ0v) is 10.7. The molecule has 20 heavy (non-hydrogen) atoms. The van der Waals surface area contributed by atoms with Crippen molar-refractivity contribution < 1.29 is 23.0 Å². The summed E-state index contributed by atoms with van der Waals surface area (Å²) in [5, 5.41) is 4.84. The molecule has 0 bridgehead atoms. The quantitative estimate of drug-likeness (QED) is 0.809. The van der Waals surface area contributed by atoms with Crippen molar-refractivity contribution in [3.63, 3.8) is 0 Å². The normalized spacial score (nSPS) is 14.8. The highest BCUT2D eigenvalue weighted by atomic mass is 19.3. The lowest BCUT2D eigenvalue weighted by Crippen LogP contribution is -2.06. The third kappa shape index (κ3) is 2.31. The zero-order valence-electron chi connectivity index (χ0n) is 10.7. The number of aromatic nitrogens is 2. The Morgan fingerprint density at radius 2 is 2.20 bits per heavy atom. The minimum atomic E-state index is -2.97. The van der Waals surface area contributed by atoms with Crippen LogP contribution in [-0.4, -0.2) is 29.5 Å². The van der Waals surface area contributed by atoms with E-state index in [0.717, 1.165) is 12.8 Å². The van der Waals surface area contributed by atoms with E-state index >= 15 is 0 Å². The van der Waals surface area contributed by atoms with Crippen LogP contribution in [0.25, 0.3) is 10.9 Å². The molecule has 7 heteroatoms. The lowest BCUT2D eigenvalue weighted by atomic mass is 10.1. The average Bonchev–Trinajstić information content (AvgIpc) is 3.17. The molecular weight excluding hydrogens is 270 g/mol. The van der Waals surface area contributed by atoms with Crippen molar-refractivity contribution in [3.05, 3.63) is 23.9 Å². The van der Waals surface area contributed by atoms with Gasteiger partial charge in [-0.1, -0.05) is 0 Å². The second-order valence-corrected chi connectivity index (χ2v) is 4.62. The van der Waals surface area contributed by atoms with Crippen molar-refractivity contribution in [3.8, 4) is 5.75 Å². The summed E-state index contributed by atoms with van der Waals surface area (Å²) in [5.41, 5.74) is 0.482. The first-order chi connectivity index (χ1) is 9.58. The topological polar surface area (TPSA) is 53.4 Å². The van der Waals surface area contributed by atoms with E-state index in [1.54, 1.807) is 16.9 Å². The molecule has 0 N–H and O–H groups in total. The van der Waals surface area contributed by atoms with Gasteiger partial charge in [-0.3, -0.25) is 4.68 Å². The zero-order chi connectivity index (χ0) is 14.3. The van der Waals surface area contributed by atoms with Crippen molar-refractivity contribution >= 4 is 16.9 Å². The Morgan fingerprint density at radius 3 is 2.80 bits per heavy atom. The molecule has 0 aliphatic heterocycles. The largest absolute Gasteiger partial charge is 0.465 e. The molecule has 5 nitrogen and oxygen atoms in total. The molecule has 1 aliphatic rings. The van der Waals surface area contributed by atoms with Crippen molar-refractivity contribution in [2.24, 2.45) is 0 Å². The van der Waals surface area contributed by atoms with E-state index in [-0.39, 0.29) is 11.3 Å². The van der Waals surface area contributed by atoms with Gasteiger partial charge in [-0.25, -0.2) is 4.79 Å². The second kappa shape index (κ2) is 4.73. The lowest BCUT2D eigenvalue weighted by Gasteiger charge is -2.07. The number of rotatable bonds is 4. The van der Waals surface area contributed by atoms with Crippen LogP contribution >= 0.6 is 0 Å². The number of hydrogen-bond donors (Lipinski definition) is 0. The van der Waals surface area contributed by atoms with Crippen molar-refractivity contribution in [1.82, 2.24) is 9.78 Å². The molecule has 0 spiro atoms. The number of alkyl halides is 2. The Bertz CT molecular complexity index is 665. The molecule has 1 aromatic heterocycles. The molecule has 106 valence electrons. The smallest absolute Gasteiger partial charge is 0.387 e. The molecule has 1 aromatic carbocycles. The van der Waals surface area contributed by atoms with Crippen LogP contribution in [0.5, 0.6) is 5.75 Å². The van der Waals surface area contributed by atoms with Crippen LogP contribution in [0.15, 0.2) is 18.3 Å². The van der Waals surface area contributed by atoms with Gasteiger partial charge in [-0.15, -0.1) is 0 Å². The number of benzene rings is 1. The average molecular weight is 282 g/mol. The Morgan fingerprint density at radius 1 is 1.45 bits per heavy atom. The van der Waals surface area contributed by atoms with Crippen LogP contribution in [0.4, 0.5) is 8.78 Å². The maximum absolute atomic E-state index is 12.5. The molecule has 3 rings (SSSR count). The van der Waals surface area contributed by atoms with Crippen LogP contribution in [-0.2, 0) is 4.74 Å². The van der Waals surface area contributed by atoms with Gasteiger partial charge < -0.3 is 9.47 Å². The summed E-state index contributed by atoms with van der Waals surface area (Å²) < 4.78 is 35.7. The number of halogens is 2. The van der Waals surface area contributed by atoms with Crippen LogP contribution in [0.1, 0.15) is 29.2 Å². The van der Waals surface area contributed by atoms with Gasteiger partial charge in [0, 0.05) is 11.6 Å². The van der Waals surface area contributed by atoms with Crippen LogP contribution in [0.2, 0.25) is 0 Å². The van der Waals surface area contributed by atoms with Crippen LogP contribution in [0.3, 0.4) is 0 Å². The van der Waals surface area contributed by atoms with Crippen molar-refractivity contribution in [1.29, 1.82) is 0 Å². The molecule has 0 atom stereocenters. The maximum atomic E-state index is 12.5. The summed E-state index contributed by atoms with van der Waals surface area (Å²) in [5.74, 6) is -0.720. The predicted octanol–water partition coefficient (Wildman–Crippen LogP) is 2.76. The number of methoxy groups -OCH3 is 1. The van der Waals surface area contributed by atoms with Crippen molar-refractivity contribution in [2.45, 2.75) is 25.5 Å². The van der Waals surface area contributed by atoms with Crippen LogP contribution in [0, 0.1) is 0 Å². The highest BCUT2D eigenvalue weighted by Crippen LogP contribution is 2.37. The van der Waals surface area contributed by atoms with Crippen molar-refractivity contribution in [2.75, 3.05) is 7.11 Å². The molecular formula is C13H12F2N2O3. The first-order valence-electron chi connectivity index (χ1n) is 6.14. The molecule has 1 aliphatic carbocycles. The van der Waals surface area contributed by atoms with E-state index in [1.807, 2.05) is 0 Å². The third-order valence-corrected chi connectivity index (χ3v) is 3.15. The minimum absolute atomic E-state index is 0.114. The van der Waals surface area contributed by atoms with Gasteiger partial charge >= 0.3 is 12.6 Å². The Balaban J connectivity index is 2.12. The van der Waals surface area contributed by atoms with Gasteiger partial charge in [-0.05, 0) is 25.0 Å². The number of carbonyl (C=O) groups excluding carboxylic acids is 1. The number of carbonyl (C=O) groups is 1. The fourth-order valence-electron chi connectivity index (χ4n) is 2.07. The standard InChI is InChI=1S/C13H12F2N2O3/c1-19-12(18)7-4-8-6-17(9-2-3-9)16-11(8)10(5-7)20-13(14)15/h4-6,9,13H,2-3H2,1H3. The number of esters is 1. The van der Waals surface area contributed by atoms with E-state index in [9.17, 15) is 13.6 Å². The number of ether oxygens (including phenoxy) is 2. The summed E-state index contributed by atoms with van der Waals surface area (Å²) >= 11 is 0. The minimum Gasteiger partial charge on any atom is -0.465 e. The van der Waals surface area contributed by atoms with Gasteiger partial charge in [-0.2, -0.15) is 13.9 Å². The van der Waals surface area contributed by atoms with Gasteiger partial charge in [0.2, 0.25) is 0 Å². The van der Waals surface area contributed by atoms with E-state index in [2.05, 4.69) is 14.6 Å².